The van der Waals surface area contributed by atoms with Crippen molar-refractivity contribution in [3.05, 3.63) is 35.0 Å². The second-order valence-electron chi connectivity index (χ2n) is 5.89. The Bertz CT molecular complexity index is 900. The molecule has 0 spiro atoms. The Kier molecular flexibility index (Phi) is 5.71. The third kappa shape index (κ3) is 4.81. The summed E-state index contributed by atoms with van der Waals surface area (Å²) in [6.07, 6.45) is -1.22. The van der Waals surface area contributed by atoms with Gasteiger partial charge in [-0.2, -0.15) is 0 Å². The van der Waals surface area contributed by atoms with E-state index in [-0.39, 0.29) is 18.2 Å². The number of ether oxygens (including phenoxy) is 1. The number of rotatable bonds is 5. The van der Waals surface area contributed by atoms with Crippen LogP contribution < -0.4 is 10.6 Å². The molecular weight excluding hydrogens is 394 g/mol. The lowest BCUT2D eigenvalue weighted by molar-refractivity contribution is -0.153. The average molecular weight is 410 g/mol. The Morgan fingerprint density at radius 2 is 2.22 bits per heavy atom. The Labute approximate surface area is 163 Å². The fraction of sp³-hybridized carbons (Fsp3) is 0.294. The van der Waals surface area contributed by atoms with E-state index in [1.165, 1.54) is 18.7 Å². The monoisotopic (exact) mass is 409 g/mol. The van der Waals surface area contributed by atoms with Gasteiger partial charge >= 0.3 is 5.97 Å². The van der Waals surface area contributed by atoms with Crippen LogP contribution >= 0.6 is 23.4 Å². The summed E-state index contributed by atoms with van der Waals surface area (Å²) in [5, 5.41) is 8.67. The SMILES string of the molecule is Cc1cc(NC(=O)[C@H](C)OC(=O)C[C@@H]2Sc3ccc(Cl)cc3NC2=O)on1. The summed E-state index contributed by atoms with van der Waals surface area (Å²) >= 11 is 7.16. The maximum Gasteiger partial charge on any atom is 0.308 e. The van der Waals surface area contributed by atoms with Gasteiger partial charge in [0.15, 0.2) is 6.10 Å². The van der Waals surface area contributed by atoms with Gasteiger partial charge in [0.1, 0.15) is 0 Å². The van der Waals surface area contributed by atoms with Crippen molar-refractivity contribution in [2.75, 3.05) is 10.6 Å². The minimum absolute atomic E-state index is 0.165. The zero-order valence-electron chi connectivity index (χ0n) is 14.4. The molecule has 10 heteroatoms. The Hall–Kier alpha value is -2.52. The summed E-state index contributed by atoms with van der Waals surface area (Å²) in [6, 6.07) is 6.67. The highest BCUT2D eigenvalue weighted by atomic mass is 35.5. The molecule has 2 aromatic rings. The fourth-order valence-electron chi connectivity index (χ4n) is 2.35. The summed E-state index contributed by atoms with van der Waals surface area (Å²) < 4.78 is 10.0. The average Bonchev–Trinajstić information content (AvgIpc) is 3.00. The van der Waals surface area contributed by atoms with Crippen LogP contribution in [0.2, 0.25) is 5.02 Å². The van der Waals surface area contributed by atoms with Crippen LogP contribution in [0, 0.1) is 6.92 Å². The first-order valence-electron chi connectivity index (χ1n) is 8.02. The summed E-state index contributed by atoms with van der Waals surface area (Å²) in [5.41, 5.74) is 1.22. The van der Waals surface area contributed by atoms with Gasteiger partial charge in [-0.3, -0.25) is 19.7 Å². The van der Waals surface area contributed by atoms with Crippen LogP contribution in [0.25, 0.3) is 0 Å². The Balaban J connectivity index is 1.54. The second kappa shape index (κ2) is 8.01. The first kappa shape index (κ1) is 19.2. The number of carbonyl (C=O) groups excluding carboxylic acids is 3. The second-order valence-corrected chi connectivity index (χ2v) is 7.58. The molecule has 2 atom stereocenters. The molecule has 142 valence electrons. The highest BCUT2D eigenvalue weighted by Crippen LogP contribution is 2.38. The summed E-state index contributed by atoms with van der Waals surface area (Å²) in [5.74, 6) is -1.37. The predicted octanol–water partition coefficient (Wildman–Crippen LogP) is 3.01. The molecule has 2 heterocycles. The van der Waals surface area contributed by atoms with Crippen molar-refractivity contribution in [3.8, 4) is 0 Å². The predicted molar refractivity (Wildman–Crippen MR) is 99.8 cm³/mol. The zero-order chi connectivity index (χ0) is 19.6. The number of amides is 2. The number of esters is 1. The number of anilines is 2. The number of nitrogens with one attached hydrogen (secondary N) is 2. The van der Waals surface area contributed by atoms with E-state index < -0.39 is 23.2 Å². The maximum atomic E-state index is 12.2. The van der Waals surface area contributed by atoms with Crippen LogP contribution in [0.15, 0.2) is 33.7 Å². The lowest BCUT2D eigenvalue weighted by Crippen LogP contribution is -2.34. The number of carbonyl (C=O) groups is 3. The molecule has 1 aliphatic heterocycles. The van der Waals surface area contributed by atoms with E-state index in [1.54, 1.807) is 31.2 Å². The van der Waals surface area contributed by atoms with Gasteiger partial charge in [-0.15, -0.1) is 11.8 Å². The third-order valence-corrected chi connectivity index (χ3v) is 5.18. The Morgan fingerprint density at radius 3 is 2.93 bits per heavy atom. The number of halogens is 1. The van der Waals surface area contributed by atoms with E-state index in [0.717, 1.165) is 4.90 Å². The number of aryl methyl sites for hydroxylation is 1. The number of fused-ring (bicyclic) bond motifs is 1. The van der Waals surface area contributed by atoms with Crippen molar-refractivity contribution < 1.29 is 23.6 Å². The van der Waals surface area contributed by atoms with Gasteiger partial charge in [0, 0.05) is 16.0 Å². The van der Waals surface area contributed by atoms with E-state index in [9.17, 15) is 14.4 Å². The van der Waals surface area contributed by atoms with Crippen LogP contribution in [0.5, 0.6) is 0 Å². The molecule has 2 amide bonds. The molecule has 0 fully saturated rings. The van der Waals surface area contributed by atoms with Gasteiger partial charge in [0.25, 0.3) is 5.91 Å². The van der Waals surface area contributed by atoms with Crippen molar-refractivity contribution in [3.63, 3.8) is 0 Å². The van der Waals surface area contributed by atoms with Crippen LogP contribution in [0.1, 0.15) is 19.0 Å². The van der Waals surface area contributed by atoms with E-state index in [0.29, 0.717) is 16.4 Å². The number of hydrogen-bond acceptors (Lipinski definition) is 7. The molecule has 2 N–H and O–H groups in total. The molecular formula is C17H16ClN3O5S. The molecule has 0 aliphatic carbocycles. The third-order valence-electron chi connectivity index (χ3n) is 3.67. The maximum absolute atomic E-state index is 12.2. The van der Waals surface area contributed by atoms with Gasteiger partial charge in [-0.1, -0.05) is 16.8 Å². The minimum atomic E-state index is -1.05. The van der Waals surface area contributed by atoms with E-state index >= 15 is 0 Å². The fourth-order valence-corrected chi connectivity index (χ4v) is 3.60. The van der Waals surface area contributed by atoms with Gasteiger partial charge in [-0.05, 0) is 32.0 Å². The highest BCUT2D eigenvalue weighted by Gasteiger charge is 2.31. The molecule has 0 unspecified atom stereocenters. The van der Waals surface area contributed by atoms with E-state index in [4.69, 9.17) is 20.9 Å². The molecule has 27 heavy (non-hydrogen) atoms. The van der Waals surface area contributed by atoms with Crippen LogP contribution in [0.4, 0.5) is 11.6 Å². The topological polar surface area (TPSA) is 111 Å². The number of benzene rings is 1. The lowest BCUT2D eigenvalue weighted by atomic mass is 10.2. The molecule has 3 rings (SSSR count). The van der Waals surface area contributed by atoms with Crippen LogP contribution in [0.3, 0.4) is 0 Å². The van der Waals surface area contributed by atoms with Crippen molar-refractivity contribution in [1.82, 2.24) is 5.16 Å². The van der Waals surface area contributed by atoms with Gasteiger partial charge in [0.2, 0.25) is 11.8 Å². The van der Waals surface area contributed by atoms with Gasteiger partial charge < -0.3 is 14.6 Å². The van der Waals surface area contributed by atoms with Crippen molar-refractivity contribution in [2.24, 2.45) is 0 Å². The Morgan fingerprint density at radius 1 is 1.44 bits per heavy atom. The first-order valence-corrected chi connectivity index (χ1v) is 9.28. The molecule has 0 bridgehead atoms. The minimum Gasteiger partial charge on any atom is -0.452 e. The lowest BCUT2D eigenvalue weighted by Gasteiger charge is -2.24. The van der Waals surface area contributed by atoms with E-state index in [1.807, 2.05) is 0 Å². The molecule has 1 aromatic heterocycles. The van der Waals surface area contributed by atoms with Gasteiger partial charge in [-0.25, -0.2) is 0 Å². The first-order chi connectivity index (χ1) is 12.8. The largest absolute Gasteiger partial charge is 0.452 e. The quantitative estimate of drug-likeness (QED) is 0.730. The number of hydrogen-bond donors (Lipinski definition) is 2. The number of aromatic nitrogens is 1. The van der Waals surface area contributed by atoms with Gasteiger partial charge in [0.05, 0.1) is 23.1 Å². The van der Waals surface area contributed by atoms with Crippen LogP contribution in [-0.4, -0.2) is 34.3 Å². The normalized spacial score (nSPS) is 16.9. The molecule has 8 nitrogen and oxygen atoms in total. The van der Waals surface area contributed by atoms with Crippen molar-refractivity contribution in [2.45, 2.75) is 36.5 Å². The van der Waals surface area contributed by atoms with E-state index in [2.05, 4.69) is 15.8 Å². The molecule has 1 aromatic carbocycles. The summed E-state index contributed by atoms with van der Waals surface area (Å²) in [6.45, 7) is 3.14. The van der Waals surface area contributed by atoms with Crippen LogP contribution in [-0.2, 0) is 19.1 Å². The summed E-state index contributed by atoms with van der Waals surface area (Å²) in [4.78, 5) is 37.2. The standard InChI is InChI=1S/C17H16ClN3O5S/c1-8-5-14(26-21-8)20-16(23)9(2)25-15(22)7-13-17(24)19-11-6-10(18)3-4-12(11)27-13/h3-6,9,13H,7H2,1-2H3,(H,19,24)(H,20,23)/t9-,13-/m0/s1. The summed E-state index contributed by atoms with van der Waals surface area (Å²) in [7, 11) is 0. The molecule has 1 aliphatic rings. The molecule has 0 radical (unpaired) electrons. The number of thioether (sulfide) groups is 1. The zero-order valence-corrected chi connectivity index (χ0v) is 16.0. The molecule has 0 saturated heterocycles. The van der Waals surface area contributed by atoms with Crippen molar-refractivity contribution in [1.29, 1.82) is 0 Å². The smallest absolute Gasteiger partial charge is 0.308 e. The molecule has 0 saturated carbocycles. The van der Waals surface area contributed by atoms with Crippen molar-refractivity contribution >= 4 is 52.7 Å². The highest BCUT2D eigenvalue weighted by molar-refractivity contribution is 8.01. The number of nitrogens with zero attached hydrogens (tertiary/aromatic N) is 1.